The fraction of sp³-hybridized carbons (Fsp3) is 0.667. The SMILES string of the molecule is CCNC(=NCC1CCCOC1c1ccc(C)cc1)NC(C)C(C)C.I. The molecule has 0 saturated carbocycles. The third-order valence-electron chi connectivity index (χ3n) is 5.04. The molecule has 148 valence electrons. The van der Waals surface area contributed by atoms with Gasteiger partial charge in [-0.2, -0.15) is 0 Å². The van der Waals surface area contributed by atoms with Crippen LogP contribution in [-0.2, 0) is 4.74 Å². The zero-order valence-corrected chi connectivity index (χ0v) is 19.2. The Morgan fingerprint density at radius 2 is 1.92 bits per heavy atom. The van der Waals surface area contributed by atoms with Gasteiger partial charge in [-0.1, -0.05) is 43.7 Å². The molecular weight excluding hydrogens is 437 g/mol. The second-order valence-corrected chi connectivity index (χ2v) is 7.50. The van der Waals surface area contributed by atoms with E-state index in [0.717, 1.165) is 32.1 Å². The fourth-order valence-electron chi connectivity index (χ4n) is 3.07. The van der Waals surface area contributed by atoms with Crippen LogP contribution in [0.5, 0.6) is 0 Å². The molecule has 2 rings (SSSR count). The summed E-state index contributed by atoms with van der Waals surface area (Å²) in [7, 11) is 0. The molecule has 2 N–H and O–H groups in total. The number of aryl methyl sites for hydroxylation is 1. The van der Waals surface area contributed by atoms with Crippen LogP contribution in [0.2, 0.25) is 0 Å². The summed E-state index contributed by atoms with van der Waals surface area (Å²) in [6.07, 6.45) is 2.44. The van der Waals surface area contributed by atoms with Crippen molar-refractivity contribution < 1.29 is 4.74 Å². The molecule has 0 amide bonds. The Hall–Kier alpha value is -0.820. The number of hydrogen-bond acceptors (Lipinski definition) is 2. The standard InChI is InChI=1S/C21H35N3O.HI/c1-6-22-21(24-17(5)15(2)3)23-14-19-8-7-13-25-20(19)18-11-9-16(4)10-12-18;/h9-12,15,17,19-20H,6-8,13-14H2,1-5H3,(H2,22,23,24);1H. The quantitative estimate of drug-likeness (QED) is 0.358. The zero-order chi connectivity index (χ0) is 18.2. The second kappa shape index (κ2) is 11.8. The van der Waals surface area contributed by atoms with Gasteiger partial charge in [0.25, 0.3) is 0 Å². The first-order chi connectivity index (χ1) is 12.0. The smallest absolute Gasteiger partial charge is 0.191 e. The molecule has 0 radical (unpaired) electrons. The average molecular weight is 473 g/mol. The minimum atomic E-state index is 0. The maximum absolute atomic E-state index is 6.12. The molecule has 0 spiro atoms. The summed E-state index contributed by atoms with van der Waals surface area (Å²) < 4.78 is 6.12. The highest BCUT2D eigenvalue weighted by Crippen LogP contribution is 2.33. The van der Waals surface area contributed by atoms with Gasteiger partial charge >= 0.3 is 0 Å². The van der Waals surface area contributed by atoms with Crippen LogP contribution in [0.15, 0.2) is 29.3 Å². The lowest BCUT2D eigenvalue weighted by atomic mass is 9.89. The topological polar surface area (TPSA) is 45.7 Å². The lowest BCUT2D eigenvalue weighted by Crippen LogP contribution is -2.44. The molecule has 1 aliphatic heterocycles. The van der Waals surface area contributed by atoms with Crippen LogP contribution >= 0.6 is 24.0 Å². The Morgan fingerprint density at radius 3 is 2.54 bits per heavy atom. The zero-order valence-electron chi connectivity index (χ0n) is 16.9. The summed E-state index contributed by atoms with van der Waals surface area (Å²) in [6, 6.07) is 9.14. The van der Waals surface area contributed by atoms with Crippen molar-refractivity contribution in [1.29, 1.82) is 0 Å². The van der Waals surface area contributed by atoms with Crippen molar-refractivity contribution in [3.63, 3.8) is 0 Å². The van der Waals surface area contributed by atoms with Crippen LogP contribution in [-0.4, -0.2) is 31.7 Å². The summed E-state index contributed by atoms with van der Waals surface area (Å²) >= 11 is 0. The third kappa shape index (κ3) is 7.06. The number of aliphatic imine (C=N–C) groups is 1. The van der Waals surface area contributed by atoms with Crippen LogP contribution in [0.4, 0.5) is 0 Å². The number of rotatable bonds is 6. The number of nitrogens with one attached hydrogen (secondary N) is 2. The molecule has 3 unspecified atom stereocenters. The molecule has 1 aliphatic rings. The molecule has 1 saturated heterocycles. The Bertz CT molecular complexity index is 545. The normalized spacial score (nSPS) is 21.8. The van der Waals surface area contributed by atoms with E-state index in [1.165, 1.54) is 17.5 Å². The van der Waals surface area contributed by atoms with E-state index in [1.807, 2.05) is 0 Å². The first-order valence-corrected chi connectivity index (χ1v) is 9.74. The Labute approximate surface area is 176 Å². The molecule has 26 heavy (non-hydrogen) atoms. The molecule has 5 heteroatoms. The number of guanidine groups is 1. The van der Waals surface area contributed by atoms with Gasteiger partial charge in [0, 0.05) is 31.7 Å². The highest BCUT2D eigenvalue weighted by Gasteiger charge is 2.27. The minimum Gasteiger partial charge on any atom is -0.373 e. The van der Waals surface area contributed by atoms with E-state index < -0.39 is 0 Å². The summed E-state index contributed by atoms with van der Waals surface area (Å²) in [6.45, 7) is 13.4. The lowest BCUT2D eigenvalue weighted by Gasteiger charge is -2.31. The number of hydrogen-bond donors (Lipinski definition) is 2. The van der Waals surface area contributed by atoms with Crippen molar-refractivity contribution in [1.82, 2.24) is 10.6 Å². The molecular formula is C21H36IN3O. The molecule has 0 aromatic heterocycles. The van der Waals surface area contributed by atoms with Crippen LogP contribution in [0.25, 0.3) is 0 Å². The number of nitrogens with zero attached hydrogens (tertiary/aromatic N) is 1. The van der Waals surface area contributed by atoms with Gasteiger partial charge in [0.1, 0.15) is 0 Å². The largest absolute Gasteiger partial charge is 0.373 e. The highest BCUT2D eigenvalue weighted by molar-refractivity contribution is 14.0. The second-order valence-electron chi connectivity index (χ2n) is 7.50. The van der Waals surface area contributed by atoms with E-state index in [4.69, 9.17) is 9.73 Å². The minimum absolute atomic E-state index is 0. The molecule has 1 aromatic rings. The van der Waals surface area contributed by atoms with E-state index >= 15 is 0 Å². The van der Waals surface area contributed by atoms with Crippen molar-refractivity contribution in [2.75, 3.05) is 19.7 Å². The van der Waals surface area contributed by atoms with E-state index in [-0.39, 0.29) is 30.1 Å². The van der Waals surface area contributed by atoms with Crippen molar-refractivity contribution in [2.24, 2.45) is 16.8 Å². The fourth-order valence-corrected chi connectivity index (χ4v) is 3.07. The molecule has 0 bridgehead atoms. The lowest BCUT2D eigenvalue weighted by molar-refractivity contribution is -0.0250. The van der Waals surface area contributed by atoms with Crippen molar-refractivity contribution in [3.8, 4) is 0 Å². The van der Waals surface area contributed by atoms with Gasteiger partial charge in [-0.3, -0.25) is 4.99 Å². The van der Waals surface area contributed by atoms with Gasteiger partial charge in [-0.25, -0.2) is 0 Å². The summed E-state index contributed by atoms with van der Waals surface area (Å²) in [5.74, 6) is 1.92. The predicted octanol–water partition coefficient (Wildman–Crippen LogP) is 4.68. The van der Waals surface area contributed by atoms with E-state index in [9.17, 15) is 0 Å². The summed E-state index contributed by atoms with van der Waals surface area (Å²) in [5, 5.41) is 6.89. The highest BCUT2D eigenvalue weighted by atomic mass is 127. The molecule has 1 heterocycles. The number of ether oxygens (including phenoxy) is 1. The number of halogens is 1. The van der Waals surface area contributed by atoms with Gasteiger partial charge in [-0.05, 0) is 45.1 Å². The molecule has 1 aromatic carbocycles. The van der Waals surface area contributed by atoms with Crippen LogP contribution in [0.1, 0.15) is 57.8 Å². The van der Waals surface area contributed by atoms with E-state index in [2.05, 4.69) is 69.5 Å². The first kappa shape index (κ1) is 23.2. The summed E-state index contributed by atoms with van der Waals surface area (Å²) in [5.41, 5.74) is 2.56. The van der Waals surface area contributed by atoms with Crippen LogP contribution < -0.4 is 10.6 Å². The first-order valence-electron chi connectivity index (χ1n) is 9.74. The molecule has 4 nitrogen and oxygen atoms in total. The third-order valence-corrected chi connectivity index (χ3v) is 5.04. The Morgan fingerprint density at radius 1 is 1.23 bits per heavy atom. The van der Waals surface area contributed by atoms with Crippen molar-refractivity contribution in [3.05, 3.63) is 35.4 Å². The van der Waals surface area contributed by atoms with Crippen LogP contribution in [0.3, 0.4) is 0 Å². The monoisotopic (exact) mass is 473 g/mol. The van der Waals surface area contributed by atoms with Gasteiger partial charge < -0.3 is 15.4 Å². The Balaban J connectivity index is 0.00000338. The van der Waals surface area contributed by atoms with Gasteiger partial charge in [-0.15, -0.1) is 24.0 Å². The Kier molecular flexibility index (Phi) is 10.5. The van der Waals surface area contributed by atoms with E-state index in [0.29, 0.717) is 17.9 Å². The predicted molar refractivity (Wildman–Crippen MR) is 121 cm³/mol. The van der Waals surface area contributed by atoms with Crippen LogP contribution in [0, 0.1) is 18.8 Å². The molecule has 3 atom stereocenters. The average Bonchev–Trinajstić information content (AvgIpc) is 2.60. The maximum Gasteiger partial charge on any atom is 0.191 e. The van der Waals surface area contributed by atoms with Crippen molar-refractivity contribution >= 4 is 29.9 Å². The maximum atomic E-state index is 6.12. The van der Waals surface area contributed by atoms with Gasteiger partial charge in [0.05, 0.1) is 6.10 Å². The van der Waals surface area contributed by atoms with E-state index in [1.54, 1.807) is 0 Å². The summed E-state index contributed by atoms with van der Waals surface area (Å²) in [4.78, 5) is 4.87. The van der Waals surface area contributed by atoms with Gasteiger partial charge in [0.15, 0.2) is 5.96 Å². The molecule has 0 aliphatic carbocycles. The number of benzene rings is 1. The van der Waals surface area contributed by atoms with Crippen molar-refractivity contribution in [2.45, 2.75) is 59.6 Å². The molecule has 1 fully saturated rings. The van der Waals surface area contributed by atoms with Gasteiger partial charge in [0.2, 0.25) is 0 Å².